The minimum absolute atomic E-state index is 0.350. The lowest BCUT2D eigenvalue weighted by atomic mass is 10.1. The zero-order valence-electron chi connectivity index (χ0n) is 8.99. The molecule has 0 saturated carbocycles. The molecule has 1 aromatic heterocycles. The Hall–Kier alpha value is -0.900. The summed E-state index contributed by atoms with van der Waals surface area (Å²) in [5.74, 6) is -0.494. The molecular formula is C11H15NO2S. The van der Waals surface area contributed by atoms with Crippen molar-refractivity contribution < 1.29 is 9.90 Å². The molecule has 0 amide bonds. The van der Waals surface area contributed by atoms with Crippen LogP contribution in [-0.2, 0) is 17.6 Å². The molecule has 4 heteroatoms. The number of nitrogens with zero attached hydrogens (tertiary/aromatic N) is 1. The first-order chi connectivity index (χ1) is 7.08. The highest BCUT2D eigenvalue weighted by atomic mass is 32.1. The molecule has 1 heterocycles. The van der Waals surface area contributed by atoms with Gasteiger partial charge in [0.25, 0.3) is 0 Å². The topological polar surface area (TPSA) is 50.2 Å². The molecule has 0 aliphatic heterocycles. The van der Waals surface area contributed by atoms with Crippen molar-refractivity contribution in [3.8, 4) is 0 Å². The highest BCUT2D eigenvalue weighted by Crippen LogP contribution is 2.36. The number of hydrogen-bond acceptors (Lipinski definition) is 3. The van der Waals surface area contributed by atoms with Crippen LogP contribution in [-0.4, -0.2) is 16.1 Å². The first-order valence-electron chi connectivity index (χ1n) is 5.29. The lowest BCUT2D eigenvalue weighted by Crippen LogP contribution is -2.08. The van der Waals surface area contributed by atoms with E-state index < -0.39 is 5.97 Å². The maximum Gasteiger partial charge on any atom is 0.312 e. The quantitative estimate of drug-likeness (QED) is 0.859. The third-order valence-corrected chi connectivity index (χ3v) is 3.80. The maximum absolute atomic E-state index is 11.0. The van der Waals surface area contributed by atoms with Crippen LogP contribution in [0.25, 0.3) is 0 Å². The minimum Gasteiger partial charge on any atom is -0.481 e. The summed E-state index contributed by atoms with van der Waals surface area (Å²) in [7, 11) is 0. The molecule has 0 aromatic carbocycles. The monoisotopic (exact) mass is 225 g/mol. The Kier molecular flexibility index (Phi) is 2.78. The first-order valence-corrected chi connectivity index (χ1v) is 6.11. The van der Waals surface area contributed by atoms with Crippen LogP contribution in [0.1, 0.15) is 41.8 Å². The average Bonchev–Trinajstić information content (AvgIpc) is 2.60. The second kappa shape index (κ2) is 3.93. The summed E-state index contributed by atoms with van der Waals surface area (Å²) < 4.78 is 0. The van der Waals surface area contributed by atoms with Crippen molar-refractivity contribution >= 4 is 17.3 Å². The van der Waals surface area contributed by atoms with Gasteiger partial charge in [0.05, 0.1) is 10.7 Å². The summed E-state index contributed by atoms with van der Waals surface area (Å²) in [6.07, 6.45) is 2.58. The van der Waals surface area contributed by atoms with Gasteiger partial charge in [-0.1, -0.05) is 13.8 Å². The van der Waals surface area contributed by atoms with Gasteiger partial charge in [0.1, 0.15) is 5.92 Å². The highest BCUT2D eigenvalue weighted by Gasteiger charge is 2.32. The van der Waals surface area contributed by atoms with Crippen LogP contribution in [0.2, 0.25) is 0 Å². The zero-order chi connectivity index (χ0) is 11.0. The van der Waals surface area contributed by atoms with Gasteiger partial charge in [0, 0.05) is 11.3 Å². The molecule has 1 aromatic rings. The third kappa shape index (κ3) is 2.04. The van der Waals surface area contributed by atoms with Gasteiger partial charge < -0.3 is 5.11 Å². The first kappa shape index (κ1) is 10.6. The number of thiazole rings is 1. The molecule has 1 aliphatic carbocycles. The zero-order valence-corrected chi connectivity index (χ0v) is 9.80. The van der Waals surface area contributed by atoms with E-state index in [0.29, 0.717) is 5.92 Å². The SMILES string of the molecule is CC(C)Cc1nc2c(s1)CCC2C(=O)O. The van der Waals surface area contributed by atoms with Crippen molar-refractivity contribution in [1.82, 2.24) is 4.98 Å². The maximum atomic E-state index is 11.0. The van der Waals surface area contributed by atoms with Crippen molar-refractivity contribution in [2.75, 3.05) is 0 Å². The summed E-state index contributed by atoms with van der Waals surface area (Å²) in [4.78, 5) is 16.6. The van der Waals surface area contributed by atoms with Crippen molar-refractivity contribution in [2.45, 2.75) is 39.0 Å². The van der Waals surface area contributed by atoms with Crippen molar-refractivity contribution in [1.29, 1.82) is 0 Å². The second-order valence-electron chi connectivity index (χ2n) is 4.44. The molecule has 1 atom stereocenters. The predicted molar refractivity (Wildman–Crippen MR) is 59.4 cm³/mol. The molecule has 82 valence electrons. The van der Waals surface area contributed by atoms with Gasteiger partial charge in [-0.3, -0.25) is 4.79 Å². The summed E-state index contributed by atoms with van der Waals surface area (Å²) >= 11 is 1.70. The van der Waals surface area contributed by atoms with Crippen molar-refractivity contribution in [3.63, 3.8) is 0 Å². The van der Waals surface area contributed by atoms with Gasteiger partial charge >= 0.3 is 5.97 Å². The average molecular weight is 225 g/mol. The fraction of sp³-hybridized carbons (Fsp3) is 0.636. The summed E-state index contributed by atoms with van der Waals surface area (Å²) in [6.45, 7) is 4.31. The normalized spacial score (nSPS) is 19.5. The molecule has 2 rings (SSSR count). The highest BCUT2D eigenvalue weighted by molar-refractivity contribution is 7.11. The van der Waals surface area contributed by atoms with E-state index in [1.54, 1.807) is 11.3 Å². The number of hydrogen-bond donors (Lipinski definition) is 1. The fourth-order valence-electron chi connectivity index (χ4n) is 1.95. The molecule has 0 radical (unpaired) electrons. The molecule has 0 bridgehead atoms. The van der Waals surface area contributed by atoms with Gasteiger partial charge in [0.15, 0.2) is 0 Å². The van der Waals surface area contributed by atoms with Crippen LogP contribution < -0.4 is 0 Å². The third-order valence-electron chi connectivity index (χ3n) is 2.64. The van der Waals surface area contributed by atoms with E-state index in [0.717, 1.165) is 30.0 Å². The lowest BCUT2D eigenvalue weighted by Gasteiger charge is -2.02. The number of aryl methyl sites for hydroxylation is 1. The van der Waals surface area contributed by atoms with E-state index in [1.807, 2.05) is 0 Å². The summed E-state index contributed by atoms with van der Waals surface area (Å²) in [5, 5.41) is 10.1. The van der Waals surface area contributed by atoms with Crippen LogP contribution >= 0.6 is 11.3 Å². The largest absolute Gasteiger partial charge is 0.481 e. The molecule has 15 heavy (non-hydrogen) atoms. The van der Waals surface area contributed by atoms with Gasteiger partial charge in [0.2, 0.25) is 0 Å². The Morgan fingerprint density at radius 3 is 3.00 bits per heavy atom. The van der Waals surface area contributed by atoms with Crippen LogP contribution in [0.3, 0.4) is 0 Å². The predicted octanol–water partition coefficient (Wildman–Crippen LogP) is 2.46. The van der Waals surface area contributed by atoms with E-state index >= 15 is 0 Å². The van der Waals surface area contributed by atoms with E-state index in [9.17, 15) is 4.79 Å². The Bertz CT molecular complexity index is 384. The number of carboxylic acids is 1. The van der Waals surface area contributed by atoms with Gasteiger partial charge in [-0.2, -0.15) is 0 Å². The molecule has 0 spiro atoms. The van der Waals surface area contributed by atoms with Crippen LogP contribution in [0.4, 0.5) is 0 Å². The molecule has 3 nitrogen and oxygen atoms in total. The molecular weight excluding hydrogens is 210 g/mol. The molecule has 0 saturated heterocycles. The van der Waals surface area contributed by atoms with Gasteiger partial charge in [-0.25, -0.2) is 4.98 Å². The summed E-state index contributed by atoms with van der Waals surface area (Å²) in [5.41, 5.74) is 0.836. The standard InChI is InChI=1S/C11H15NO2S/c1-6(2)5-9-12-10-7(11(13)14)3-4-8(10)15-9/h6-7H,3-5H2,1-2H3,(H,13,14). The Labute approximate surface area is 93.2 Å². The van der Waals surface area contributed by atoms with Crippen LogP contribution in [0.15, 0.2) is 0 Å². The Morgan fingerprint density at radius 1 is 1.67 bits per heavy atom. The van der Waals surface area contributed by atoms with Gasteiger partial charge in [-0.15, -0.1) is 11.3 Å². The van der Waals surface area contributed by atoms with Gasteiger partial charge in [-0.05, 0) is 18.8 Å². The fourth-order valence-corrected chi connectivity index (χ4v) is 3.31. The summed E-state index contributed by atoms with van der Waals surface area (Å²) in [6, 6.07) is 0. The van der Waals surface area contributed by atoms with Crippen LogP contribution in [0, 0.1) is 5.92 Å². The number of carboxylic acid groups (broad SMARTS) is 1. The van der Waals surface area contributed by atoms with E-state index in [1.165, 1.54) is 4.88 Å². The number of rotatable bonds is 3. The molecule has 0 fully saturated rings. The van der Waals surface area contributed by atoms with Crippen molar-refractivity contribution in [3.05, 3.63) is 15.6 Å². The Balaban J connectivity index is 2.22. The molecule has 1 unspecified atom stereocenters. The van der Waals surface area contributed by atoms with E-state index in [4.69, 9.17) is 5.11 Å². The molecule has 1 N–H and O–H groups in total. The number of fused-ring (bicyclic) bond motifs is 1. The van der Waals surface area contributed by atoms with Crippen molar-refractivity contribution in [2.24, 2.45) is 5.92 Å². The number of aromatic nitrogens is 1. The lowest BCUT2D eigenvalue weighted by molar-refractivity contribution is -0.138. The van der Waals surface area contributed by atoms with Crippen LogP contribution in [0.5, 0.6) is 0 Å². The Morgan fingerprint density at radius 2 is 2.40 bits per heavy atom. The molecule has 1 aliphatic rings. The number of aliphatic carboxylic acids is 1. The second-order valence-corrected chi connectivity index (χ2v) is 5.61. The minimum atomic E-state index is -0.727. The smallest absolute Gasteiger partial charge is 0.312 e. The number of carbonyl (C=O) groups is 1. The van der Waals surface area contributed by atoms with E-state index in [2.05, 4.69) is 18.8 Å². The van der Waals surface area contributed by atoms with E-state index in [-0.39, 0.29) is 5.92 Å².